The first-order valence-corrected chi connectivity index (χ1v) is 6.18. The van der Waals surface area contributed by atoms with E-state index in [4.69, 9.17) is 16.3 Å². The Morgan fingerprint density at radius 2 is 2.22 bits per heavy atom. The van der Waals surface area contributed by atoms with Gasteiger partial charge in [-0.25, -0.2) is 4.39 Å². The highest BCUT2D eigenvalue weighted by atomic mass is 35.5. The maximum atomic E-state index is 13.1. The zero-order chi connectivity index (χ0) is 13.5. The van der Waals surface area contributed by atoms with Crippen molar-refractivity contribution in [2.75, 3.05) is 20.2 Å². The van der Waals surface area contributed by atoms with Crippen LogP contribution in [0.2, 0.25) is 5.02 Å². The lowest BCUT2D eigenvalue weighted by Crippen LogP contribution is -2.22. The first kappa shape index (κ1) is 14.9. The SMILES string of the molecule is CCOC(=O)CCN(C)Cc1cc(F)ccc1Cl. The summed E-state index contributed by atoms with van der Waals surface area (Å²) in [5.41, 5.74) is 0.711. The van der Waals surface area contributed by atoms with E-state index in [2.05, 4.69) is 0 Å². The molecule has 0 aliphatic heterocycles. The molecule has 0 saturated heterocycles. The summed E-state index contributed by atoms with van der Waals surface area (Å²) in [7, 11) is 1.85. The third-order valence-electron chi connectivity index (χ3n) is 2.45. The zero-order valence-corrected chi connectivity index (χ0v) is 11.3. The van der Waals surface area contributed by atoms with Gasteiger partial charge in [-0.05, 0) is 37.7 Å². The molecule has 0 bridgehead atoms. The van der Waals surface area contributed by atoms with E-state index in [-0.39, 0.29) is 11.8 Å². The highest BCUT2D eigenvalue weighted by molar-refractivity contribution is 6.31. The molecule has 1 aromatic rings. The van der Waals surface area contributed by atoms with Gasteiger partial charge in [0.15, 0.2) is 0 Å². The van der Waals surface area contributed by atoms with Gasteiger partial charge >= 0.3 is 5.97 Å². The molecule has 0 radical (unpaired) electrons. The minimum absolute atomic E-state index is 0.227. The van der Waals surface area contributed by atoms with Crippen molar-refractivity contribution in [1.29, 1.82) is 0 Å². The standard InChI is InChI=1S/C13H17ClFNO2/c1-3-18-13(17)6-7-16(2)9-10-8-11(15)4-5-12(10)14/h4-5,8H,3,6-7,9H2,1-2H3. The number of nitrogens with zero attached hydrogens (tertiary/aromatic N) is 1. The summed E-state index contributed by atoms with van der Waals surface area (Å²) in [6.45, 7) is 3.20. The molecule has 0 spiro atoms. The van der Waals surface area contributed by atoms with Gasteiger partial charge in [-0.2, -0.15) is 0 Å². The van der Waals surface area contributed by atoms with Crippen LogP contribution in [0, 0.1) is 5.82 Å². The molecule has 0 fully saturated rings. The summed E-state index contributed by atoms with van der Waals surface area (Å²) in [6, 6.07) is 4.26. The molecule has 0 aliphatic rings. The Labute approximate surface area is 111 Å². The molecular weight excluding hydrogens is 257 g/mol. The van der Waals surface area contributed by atoms with Crippen LogP contribution in [0.5, 0.6) is 0 Å². The van der Waals surface area contributed by atoms with E-state index in [1.807, 2.05) is 11.9 Å². The second kappa shape index (κ2) is 7.34. The molecule has 0 aromatic heterocycles. The van der Waals surface area contributed by atoms with Gasteiger partial charge in [-0.1, -0.05) is 11.6 Å². The van der Waals surface area contributed by atoms with Crippen LogP contribution in [0.15, 0.2) is 18.2 Å². The molecule has 0 atom stereocenters. The third-order valence-corrected chi connectivity index (χ3v) is 2.82. The summed E-state index contributed by atoms with van der Waals surface area (Å²) >= 11 is 5.97. The maximum absolute atomic E-state index is 13.1. The molecule has 0 saturated carbocycles. The number of esters is 1. The quantitative estimate of drug-likeness (QED) is 0.747. The van der Waals surface area contributed by atoms with Crippen LogP contribution < -0.4 is 0 Å². The molecule has 0 aliphatic carbocycles. The Balaban J connectivity index is 2.46. The minimum Gasteiger partial charge on any atom is -0.466 e. The van der Waals surface area contributed by atoms with Crippen molar-refractivity contribution in [2.24, 2.45) is 0 Å². The number of hydrogen-bond acceptors (Lipinski definition) is 3. The van der Waals surface area contributed by atoms with Gasteiger partial charge in [0.25, 0.3) is 0 Å². The maximum Gasteiger partial charge on any atom is 0.307 e. The van der Waals surface area contributed by atoms with Gasteiger partial charge in [0, 0.05) is 18.1 Å². The predicted molar refractivity (Wildman–Crippen MR) is 69.0 cm³/mol. The molecule has 5 heteroatoms. The molecule has 0 N–H and O–H groups in total. The summed E-state index contributed by atoms with van der Waals surface area (Å²) in [4.78, 5) is 13.1. The minimum atomic E-state index is -0.312. The number of rotatable bonds is 6. The monoisotopic (exact) mass is 273 g/mol. The van der Waals surface area contributed by atoms with Crippen LogP contribution in [-0.2, 0) is 16.1 Å². The van der Waals surface area contributed by atoms with E-state index >= 15 is 0 Å². The van der Waals surface area contributed by atoms with E-state index in [1.165, 1.54) is 18.2 Å². The van der Waals surface area contributed by atoms with Crippen LogP contribution in [0.1, 0.15) is 18.9 Å². The summed E-state index contributed by atoms with van der Waals surface area (Å²) in [5, 5.41) is 0.527. The van der Waals surface area contributed by atoms with Crippen LogP contribution >= 0.6 is 11.6 Å². The Hall–Kier alpha value is -1.13. The zero-order valence-electron chi connectivity index (χ0n) is 10.6. The van der Waals surface area contributed by atoms with Crippen molar-refractivity contribution >= 4 is 17.6 Å². The van der Waals surface area contributed by atoms with E-state index < -0.39 is 0 Å². The molecule has 1 rings (SSSR count). The molecule has 18 heavy (non-hydrogen) atoms. The van der Waals surface area contributed by atoms with Gasteiger partial charge in [0.05, 0.1) is 13.0 Å². The number of halogens is 2. The number of benzene rings is 1. The van der Waals surface area contributed by atoms with Crippen molar-refractivity contribution in [3.05, 3.63) is 34.6 Å². The summed E-state index contributed by atoms with van der Waals surface area (Å²) in [5.74, 6) is -0.539. The lowest BCUT2D eigenvalue weighted by molar-refractivity contribution is -0.143. The first-order chi connectivity index (χ1) is 8.52. The topological polar surface area (TPSA) is 29.5 Å². The Morgan fingerprint density at radius 3 is 2.89 bits per heavy atom. The summed E-state index contributed by atoms with van der Waals surface area (Å²) in [6.07, 6.45) is 0.317. The second-order valence-electron chi connectivity index (χ2n) is 4.03. The highest BCUT2D eigenvalue weighted by Crippen LogP contribution is 2.18. The van der Waals surface area contributed by atoms with Crippen LogP contribution in [0.4, 0.5) is 4.39 Å². The van der Waals surface area contributed by atoms with Gasteiger partial charge in [0.1, 0.15) is 5.82 Å². The lowest BCUT2D eigenvalue weighted by Gasteiger charge is -2.17. The molecule has 100 valence electrons. The predicted octanol–water partition coefficient (Wildman–Crippen LogP) is 2.86. The first-order valence-electron chi connectivity index (χ1n) is 5.81. The number of hydrogen-bond donors (Lipinski definition) is 0. The molecular formula is C13H17ClFNO2. The van der Waals surface area contributed by atoms with Gasteiger partial charge in [-0.15, -0.1) is 0 Å². The Kier molecular flexibility index (Phi) is 6.09. The summed E-state index contributed by atoms with van der Waals surface area (Å²) < 4.78 is 17.9. The number of carbonyl (C=O) groups excluding carboxylic acids is 1. The number of ether oxygens (including phenoxy) is 1. The van der Waals surface area contributed by atoms with Gasteiger partial charge in [-0.3, -0.25) is 4.79 Å². The van der Waals surface area contributed by atoms with E-state index in [1.54, 1.807) is 6.92 Å². The fraction of sp³-hybridized carbons (Fsp3) is 0.462. The van der Waals surface area contributed by atoms with Crippen molar-refractivity contribution in [1.82, 2.24) is 4.90 Å². The largest absolute Gasteiger partial charge is 0.466 e. The number of carbonyl (C=O) groups is 1. The van der Waals surface area contributed by atoms with Crippen LogP contribution in [0.25, 0.3) is 0 Å². The van der Waals surface area contributed by atoms with E-state index in [9.17, 15) is 9.18 Å². The molecule has 0 unspecified atom stereocenters. The average molecular weight is 274 g/mol. The van der Waals surface area contributed by atoms with E-state index in [0.717, 1.165) is 0 Å². The van der Waals surface area contributed by atoms with Crippen molar-refractivity contribution in [3.8, 4) is 0 Å². The molecule has 0 amide bonds. The fourth-order valence-corrected chi connectivity index (χ4v) is 1.73. The highest BCUT2D eigenvalue weighted by Gasteiger charge is 2.08. The molecule has 1 aromatic carbocycles. The third kappa shape index (κ3) is 5.02. The van der Waals surface area contributed by atoms with Crippen LogP contribution in [0.3, 0.4) is 0 Å². The Bertz CT molecular complexity index is 412. The van der Waals surface area contributed by atoms with Crippen molar-refractivity contribution in [3.63, 3.8) is 0 Å². The Morgan fingerprint density at radius 1 is 1.50 bits per heavy atom. The second-order valence-corrected chi connectivity index (χ2v) is 4.44. The molecule has 3 nitrogen and oxygen atoms in total. The molecule has 0 heterocycles. The van der Waals surface area contributed by atoms with Gasteiger partial charge < -0.3 is 9.64 Å². The normalized spacial score (nSPS) is 10.7. The lowest BCUT2D eigenvalue weighted by atomic mass is 10.2. The van der Waals surface area contributed by atoms with Crippen molar-refractivity contribution in [2.45, 2.75) is 19.9 Å². The van der Waals surface area contributed by atoms with Gasteiger partial charge in [0.2, 0.25) is 0 Å². The smallest absolute Gasteiger partial charge is 0.307 e. The van der Waals surface area contributed by atoms with Crippen LogP contribution in [-0.4, -0.2) is 31.1 Å². The van der Waals surface area contributed by atoms with E-state index in [0.29, 0.717) is 36.7 Å². The average Bonchev–Trinajstić information content (AvgIpc) is 2.32. The van der Waals surface area contributed by atoms with Crippen molar-refractivity contribution < 1.29 is 13.9 Å². The fourth-order valence-electron chi connectivity index (χ4n) is 1.55.